The van der Waals surface area contributed by atoms with Gasteiger partial charge in [0.05, 0.1) is 12.2 Å². The molecule has 0 fully saturated rings. The number of anilines is 2. The molecule has 0 saturated carbocycles. The third-order valence-electron chi connectivity index (χ3n) is 5.20. The molecule has 1 aromatic heterocycles. The Balaban J connectivity index is 1.36. The van der Waals surface area contributed by atoms with Gasteiger partial charge in [0.1, 0.15) is 5.75 Å². The summed E-state index contributed by atoms with van der Waals surface area (Å²) in [5.41, 5.74) is 3.21. The second-order valence-electron chi connectivity index (χ2n) is 7.46. The van der Waals surface area contributed by atoms with E-state index in [2.05, 4.69) is 10.3 Å². The van der Waals surface area contributed by atoms with Crippen molar-refractivity contribution in [2.45, 2.75) is 25.7 Å². The van der Waals surface area contributed by atoms with Crippen molar-refractivity contribution in [3.8, 4) is 5.75 Å². The van der Waals surface area contributed by atoms with Gasteiger partial charge in [0.25, 0.3) is 5.91 Å². The van der Waals surface area contributed by atoms with Crippen LogP contribution in [-0.2, 0) is 11.2 Å². The molecular formula is C25H25N3O3. The molecule has 0 spiro atoms. The molecule has 0 unspecified atom stereocenters. The standard InChI is InChI=1S/C25H25N3O3/c29-24(11-6-16-31-22-9-2-1-3-10-22)27-21-13-12-19-8-5-15-28(23(19)17-21)25(30)20-7-4-14-26-18-20/h1-4,7,9-10,12-14,17-18H,5-6,8,11,15-16H2,(H,27,29). The van der Waals surface area contributed by atoms with Gasteiger partial charge in [0.2, 0.25) is 5.91 Å². The van der Waals surface area contributed by atoms with Gasteiger partial charge >= 0.3 is 0 Å². The molecule has 6 heteroatoms. The maximum absolute atomic E-state index is 13.0. The fourth-order valence-corrected chi connectivity index (χ4v) is 3.67. The Hall–Kier alpha value is -3.67. The molecule has 0 radical (unpaired) electrons. The largest absolute Gasteiger partial charge is 0.494 e. The highest BCUT2D eigenvalue weighted by Crippen LogP contribution is 2.31. The van der Waals surface area contributed by atoms with Crippen LogP contribution in [0.1, 0.15) is 35.2 Å². The number of amides is 2. The summed E-state index contributed by atoms with van der Waals surface area (Å²) in [6.07, 6.45) is 6.04. The van der Waals surface area contributed by atoms with Crippen molar-refractivity contribution in [1.29, 1.82) is 0 Å². The average Bonchev–Trinajstić information content (AvgIpc) is 2.82. The Morgan fingerprint density at radius 2 is 1.94 bits per heavy atom. The molecule has 6 nitrogen and oxygen atoms in total. The minimum atomic E-state index is -0.0735. The molecule has 0 aliphatic carbocycles. The summed E-state index contributed by atoms with van der Waals surface area (Å²) in [6.45, 7) is 1.13. The number of aromatic nitrogens is 1. The van der Waals surface area contributed by atoms with Crippen molar-refractivity contribution >= 4 is 23.2 Å². The highest BCUT2D eigenvalue weighted by Gasteiger charge is 2.24. The highest BCUT2D eigenvalue weighted by molar-refractivity contribution is 6.07. The molecule has 2 aromatic carbocycles. The number of carbonyl (C=O) groups is 2. The molecule has 1 N–H and O–H groups in total. The second kappa shape index (κ2) is 9.89. The quantitative estimate of drug-likeness (QED) is 0.578. The summed E-state index contributed by atoms with van der Waals surface area (Å²) < 4.78 is 5.63. The van der Waals surface area contributed by atoms with Gasteiger partial charge in [-0.3, -0.25) is 14.6 Å². The molecule has 3 aromatic rings. The van der Waals surface area contributed by atoms with E-state index in [9.17, 15) is 9.59 Å². The third-order valence-corrected chi connectivity index (χ3v) is 5.20. The van der Waals surface area contributed by atoms with Crippen LogP contribution in [0.15, 0.2) is 73.1 Å². The zero-order chi connectivity index (χ0) is 21.5. The van der Waals surface area contributed by atoms with E-state index >= 15 is 0 Å². The summed E-state index contributed by atoms with van der Waals surface area (Å²) in [4.78, 5) is 31.2. The minimum Gasteiger partial charge on any atom is -0.494 e. The van der Waals surface area contributed by atoms with E-state index in [1.807, 2.05) is 48.5 Å². The van der Waals surface area contributed by atoms with E-state index in [1.54, 1.807) is 29.4 Å². The number of nitrogens with zero attached hydrogens (tertiary/aromatic N) is 2. The number of ether oxygens (including phenoxy) is 1. The first-order valence-electron chi connectivity index (χ1n) is 10.5. The third kappa shape index (κ3) is 5.28. The van der Waals surface area contributed by atoms with Crippen LogP contribution in [0, 0.1) is 0 Å². The van der Waals surface area contributed by atoms with Gasteiger partial charge in [-0.1, -0.05) is 24.3 Å². The van der Waals surface area contributed by atoms with Crippen LogP contribution in [0.3, 0.4) is 0 Å². The molecule has 0 bridgehead atoms. The van der Waals surface area contributed by atoms with Crippen LogP contribution < -0.4 is 15.0 Å². The van der Waals surface area contributed by atoms with Crippen LogP contribution in [0.25, 0.3) is 0 Å². The van der Waals surface area contributed by atoms with E-state index in [0.717, 1.165) is 29.8 Å². The number of hydrogen-bond acceptors (Lipinski definition) is 4. The molecule has 2 heterocycles. The first kappa shape index (κ1) is 20.6. The van der Waals surface area contributed by atoms with Crippen LogP contribution in [0.2, 0.25) is 0 Å². The molecule has 1 aliphatic rings. The number of benzene rings is 2. The summed E-state index contributed by atoms with van der Waals surface area (Å²) >= 11 is 0. The normalized spacial score (nSPS) is 12.7. The number of fused-ring (bicyclic) bond motifs is 1. The lowest BCUT2D eigenvalue weighted by Crippen LogP contribution is -2.35. The van der Waals surface area contributed by atoms with Crippen LogP contribution in [0.4, 0.5) is 11.4 Å². The van der Waals surface area contributed by atoms with Crippen LogP contribution in [-0.4, -0.2) is 29.9 Å². The van der Waals surface area contributed by atoms with Gasteiger partial charge in [-0.2, -0.15) is 0 Å². The average molecular weight is 415 g/mol. The number of rotatable bonds is 7. The molecule has 0 saturated heterocycles. The minimum absolute atomic E-state index is 0.0717. The molecule has 2 amide bonds. The maximum atomic E-state index is 13.0. The summed E-state index contributed by atoms with van der Waals surface area (Å²) in [5.74, 6) is 0.657. The van der Waals surface area contributed by atoms with Crippen molar-refractivity contribution in [2.24, 2.45) is 0 Å². The van der Waals surface area contributed by atoms with Gasteiger partial charge in [-0.05, 0) is 61.2 Å². The Morgan fingerprint density at radius 1 is 1.06 bits per heavy atom. The van der Waals surface area contributed by atoms with E-state index in [1.165, 1.54) is 0 Å². The van der Waals surface area contributed by atoms with Crippen molar-refractivity contribution < 1.29 is 14.3 Å². The highest BCUT2D eigenvalue weighted by atomic mass is 16.5. The fourth-order valence-electron chi connectivity index (χ4n) is 3.67. The van der Waals surface area contributed by atoms with Crippen molar-refractivity contribution in [3.05, 3.63) is 84.2 Å². The first-order valence-corrected chi connectivity index (χ1v) is 10.5. The van der Waals surface area contributed by atoms with E-state index in [0.29, 0.717) is 37.2 Å². The Bertz CT molecular complexity index is 1040. The number of carbonyl (C=O) groups excluding carboxylic acids is 2. The van der Waals surface area contributed by atoms with E-state index in [4.69, 9.17) is 4.74 Å². The van der Waals surface area contributed by atoms with Crippen molar-refractivity contribution in [2.75, 3.05) is 23.4 Å². The monoisotopic (exact) mass is 415 g/mol. The molecule has 0 atom stereocenters. The van der Waals surface area contributed by atoms with Crippen LogP contribution >= 0.6 is 0 Å². The van der Waals surface area contributed by atoms with Gasteiger partial charge < -0.3 is 15.0 Å². The number of pyridine rings is 1. The van der Waals surface area contributed by atoms with Gasteiger partial charge in [-0.25, -0.2) is 0 Å². The fraction of sp³-hybridized carbons (Fsp3) is 0.240. The molecule has 1 aliphatic heterocycles. The van der Waals surface area contributed by atoms with Crippen molar-refractivity contribution in [3.63, 3.8) is 0 Å². The van der Waals surface area contributed by atoms with E-state index < -0.39 is 0 Å². The smallest absolute Gasteiger partial charge is 0.259 e. The Kier molecular flexibility index (Phi) is 6.57. The number of hydrogen-bond donors (Lipinski definition) is 1. The van der Waals surface area contributed by atoms with Gasteiger partial charge in [-0.15, -0.1) is 0 Å². The molecular weight excluding hydrogens is 390 g/mol. The zero-order valence-electron chi connectivity index (χ0n) is 17.3. The number of nitrogens with one attached hydrogen (secondary N) is 1. The maximum Gasteiger partial charge on any atom is 0.259 e. The molecule has 4 rings (SSSR count). The summed E-state index contributed by atoms with van der Waals surface area (Å²) in [5, 5.41) is 2.95. The number of aryl methyl sites for hydroxylation is 1. The first-order chi connectivity index (χ1) is 15.2. The van der Waals surface area contributed by atoms with Crippen molar-refractivity contribution in [1.82, 2.24) is 4.98 Å². The summed E-state index contributed by atoms with van der Waals surface area (Å²) in [7, 11) is 0. The number of para-hydroxylation sites is 1. The zero-order valence-corrected chi connectivity index (χ0v) is 17.3. The molecule has 31 heavy (non-hydrogen) atoms. The second-order valence-corrected chi connectivity index (χ2v) is 7.46. The SMILES string of the molecule is O=C(CCCOc1ccccc1)Nc1ccc2c(c1)N(C(=O)c1cccnc1)CCC2. The van der Waals surface area contributed by atoms with Crippen LogP contribution in [0.5, 0.6) is 5.75 Å². The predicted molar refractivity (Wildman–Crippen MR) is 120 cm³/mol. The topological polar surface area (TPSA) is 71.5 Å². The molecule has 158 valence electrons. The predicted octanol–water partition coefficient (Wildman–Crippen LogP) is 4.47. The summed E-state index contributed by atoms with van der Waals surface area (Å²) in [6, 6.07) is 18.9. The van der Waals surface area contributed by atoms with Gasteiger partial charge in [0.15, 0.2) is 0 Å². The Morgan fingerprint density at radius 3 is 2.74 bits per heavy atom. The Labute approximate surface area is 181 Å². The lowest BCUT2D eigenvalue weighted by atomic mass is 10.00. The lowest BCUT2D eigenvalue weighted by Gasteiger charge is -2.30. The van der Waals surface area contributed by atoms with Gasteiger partial charge in [0, 0.05) is 36.7 Å². The lowest BCUT2D eigenvalue weighted by molar-refractivity contribution is -0.116. The van der Waals surface area contributed by atoms with E-state index in [-0.39, 0.29) is 11.8 Å².